The number of carboxylic acids is 1. The van der Waals surface area contributed by atoms with Gasteiger partial charge >= 0.3 is 5.97 Å². The summed E-state index contributed by atoms with van der Waals surface area (Å²) in [5, 5.41) is 8.87. The van der Waals surface area contributed by atoms with Gasteiger partial charge in [0.25, 0.3) is 0 Å². The first-order valence-corrected chi connectivity index (χ1v) is 6.13. The van der Waals surface area contributed by atoms with Crippen molar-refractivity contribution in [1.29, 1.82) is 0 Å². The van der Waals surface area contributed by atoms with Gasteiger partial charge in [-0.2, -0.15) is 0 Å². The highest BCUT2D eigenvalue weighted by Crippen LogP contribution is 2.16. The predicted octanol–water partition coefficient (Wildman–Crippen LogP) is 3.20. The van der Waals surface area contributed by atoms with Crippen LogP contribution >= 0.6 is 0 Å². The van der Waals surface area contributed by atoms with Gasteiger partial charge in [-0.25, -0.2) is 0 Å². The second-order valence-electron chi connectivity index (χ2n) is 4.44. The van der Waals surface area contributed by atoms with Crippen molar-refractivity contribution < 1.29 is 14.6 Å². The molecule has 0 aliphatic heterocycles. The molecule has 0 amide bonds. The zero-order chi connectivity index (χ0) is 13.7. The lowest BCUT2D eigenvalue weighted by atomic mass is 10.1. The van der Waals surface area contributed by atoms with E-state index in [0.29, 0.717) is 6.61 Å². The van der Waals surface area contributed by atoms with E-state index in [2.05, 4.69) is 0 Å². The molecule has 98 valence electrons. The van der Waals surface area contributed by atoms with E-state index in [-0.39, 0.29) is 6.42 Å². The Balaban J connectivity index is 2.09. The predicted molar refractivity (Wildman–Crippen MR) is 73.3 cm³/mol. The third kappa shape index (κ3) is 3.85. The maximum absolute atomic E-state index is 10.8. The van der Waals surface area contributed by atoms with E-state index in [1.807, 2.05) is 55.5 Å². The summed E-state index contributed by atoms with van der Waals surface area (Å²) in [6.45, 7) is 2.39. The van der Waals surface area contributed by atoms with Crippen molar-refractivity contribution in [2.75, 3.05) is 0 Å². The molecule has 0 aliphatic carbocycles. The number of hydrogen-bond donors (Lipinski definition) is 1. The summed E-state index contributed by atoms with van der Waals surface area (Å²) in [6.07, 6.45) is 0.0212. The number of benzene rings is 2. The Morgan fingerprint density at radius 2 is 1.84 bits per heavy atom. The molecule has 3 heteroatoms. The van der Waals surface area contributed by atoms with Gasteiger partial charge in [-0.15, -0.1) is 0 Å². The van der Waals surface area contributed by atoms with E-state index >= 15 is 0 Å². The second kappa shape index (κ2) is 6.05. The number of carboxylic acid groups (broad SMARTS) is 1. The fourth-order valence-corrected chi connectivity index (χ4v) is 1.90. The summed E-state index contributed by atoms with van der Waals surface area (Å²) in [7, 11) is 0. The zero-order valence-corrected chi connectivity index (χ0v) is 10.8. The molecule has 0 aromatic heterocycles. The average molecular weight is 256 g/mol. The van der Waals surface area contributed by atoms with Crippen LogP contribution in [0.4, 0.5) is 0 Å². The van der Waals surface area contributed by atoms with Gasteiger partial charge in [0.05, 0.1) is 6.42 Å². The highest BCUT2D eigenvalue weighted by atomic mass is 16.5. The van der Waals surface area contributed by atoms with E-state index in [9.17, 15) is 4.79 Å². The van der Waals surface area contributed by atoms with Gasteiger partial charge in [-0.1, -0.05) is 36.4 Å². The van der Waals surface area contributed by atoms with Crippen LogP contribution in [-0.4, -0.2) is 11.1 Å². The van der Waals surface area contributed by atoms with Gasteiger partial charge in [0.15, 0.2) is 0 Å². The standard InChI is InChI=1S/C16H16O3/c1-12-5-4-8-15(9-12)19-11-14-7-3-2-6-13(14)10-16(17)18/h2-9H,10-11H2,1H3,(H,17,18). The van der Waals surface area contributed by atoms with Crippen molar-refractivity contribution in [2.45, 2.75) is 20.0 Å². The number of rotatable bonds is 5. The Labute approximate surface area is 112 Å². The van der Waals surface area contributed by atoms with E-state index < -0.39 is 5.97 Å². The third-order valence-corrected chi connectivity index (χ3v) is 2.84. The van der Waals surface area contributed by atoms with Gasteiger partial charge in [-0.3, -0.25) is 4.79 Å². The SMILES string of the molecule is Cc1cccc(OCc2ccccc2CC(=O)O)c1. The van der Waals surface area contributed by atoms with Crippen molar-refractivity contribution in [3.05, 3.63) is 65.2 Å². The first-order valence-electron chi connectivity index (χ1n) is 6.13. The topological polar surface area (TPSA) is 46.5 Å². The van der Waals surface area contributed by atoms with E-state index in [1.165, 1.54) is 0 Å². The lowest BCUT2D eigenvalue weighted by molar-refractivity contribution is -0.136. The summed E-state index contributed by atoms with van der Waals surface area (Å²) in [5.41, 5.74) is 2.84. The smallest absolute Gasteiger partial charge is 0.307 e. The molecular weight excluding hydrogens is 240 g/mol. The summed E-state index contributed by atoms with van der Waals surface area (Å²) in [5.74, 6) is -0.0341. The Bertz CT molecular complexity index is 576. The maximum atomic E-state index is 10.8. The molecule has 1 N–H and O–H groups in total. The summed E-state index contributed by atoms with van der Waals surface area (Å²) in [6, 6.07) is 15.2. The van der Waals surface area contributed by atoms with Crippen molar-refractivity contribution in [1.82, 2.24) is 0 Å². The highest BCUT2D eigenvalue weighted by Gasteiger charge is 2.06. The highest BCUT2D eigenvalue weighted by molar-refractivity contribution is 5.70. The van der Waals surface area contributed by atoms with Crippen molar-refractivity contribution in [2.24, 2.45) is 0 Å². The second-order valence-corrected chi connectivity index (χ2v) is 4.44. The molecule has 0 unspecified atom stereocenters. The van der Waals surface area contributed by atoms with Crippen LogP contribution in [0.5, 0.6) is 5.75 Å². The van der Waals surface area contributed by atoms with E-state index in [4.69, 9.17) is 9.84 Å². The minimum Gasteiger partial charge on any atom is -0.489 e. The van der Waals surface area contributed by atoms with Crippen LogP contribution in [0.15, 0.2) is 48.5 Å². The molecule has 2 rings (SSSR count). The van der Waals surface area contributed by atoms with Crippen LogP contribution in [-0.2, 0) is 17.8 Å². The first-order chi connectivity index (χ1) is 9.15. The monoisotopic (exact) mass is 256 g/mol. The van der Waals surface area contributed by atoms with Gasteiger partial charge in [0, 0.05) is 0 Å². The number of hydrogen-bond acceptors (Lipinski definition) is 2. The van der Waals surface area contributed by atoms with Crippen molar-refractivity contribution in [3.63, 3.8) is 0 Å². The Morgan fingerprint density at radius 3 is 2.53 bits per heavy atom. The number of aliphatic carboxylic acids is 1. The molecule has 0 radical (unpaired) electrons. The van der Waals surface area contributed by atoms with Gasteiger partial charge < -0.3 is 9.84 Å². The minimum absolute atomic E-state index is 0.0212. The molecule has 0 bridgehead atoms. The normalized spacial score (nSPS) is 10.2. The van der Waals surface area contributed by atoms with Crippen LogP contribution in [0.25, 0.3) is 0 Å². The summed E-state index contributed by atoms with van der Waals surface area (Å²) >= 11 is 0. The molecule has 0 atom stereocenters. The lowest BCUT2D eigenvalue weighted by Crippen LogP contribution is -2.05. The van der Waals surface area contributed by atoms with E-state index in [1.54, 1.807) is 0 Å². The molecule has 19 heavy (non-hydrogen) atoms. The molecule has 0 fully saturated rings. The number of ether oxygens (including phenoxy) is 1. The van der Waals surface area contributed by atoms with Gasteiger partial charge in [0.2, 0.25) is 0 Å². The Hall–Kier alpha value is -2.29. The van der Waals surface area contributed by atoms with Crippen LogP contribution in [0.1, 0.15) is 16.7 Å². The maximum Gasteiger partial charge on any atom is 0.307 e. The van der Waals surface area contributed by atoms with E-state index in [0.717, 1.165) is 22.4 Å². The first kappa shape index (κ1) is 13.1. The average Bonchev–Trinajstić information content (AvgIpc) is 2.37. The summed E-state index contributed by atoms with van der Waals surface area (Å²) < 4.78 is 5.70. The van der Waals surface area contributed by atoms with Crippen molar-refractivity contribution in [3.8, 4) is 5.75 Å². The molecule has 0 saturated carbocycles. The van der Waals surface area contributed by atoms with Crippen LogP contribution < -0.4 is 4.74 Å². The van der Waals surface area contributed by atoms with Crippen molar-refractivity contribution >= 4 is 5.97 Å². The molecular formula is C16H16O3. The fraction of sp³-hybridized carbons (Fsp3) is 0.188. The molecule has 2 aromatic carbocycles. The number of aryl methyl sites for hydroxylation is 1. The fourth-order valence-electron chi connectivity index (χ4n) is 1.90. The quantitative estimate of drug-likeness (QED) is 0.893. The molecule has 0 heterocycles. The minimum atomic E-state index is -0.831. The largest absolute Gasteiger partial charge is 0.489 e. The van der Waals surface area contributed by atoms with Crippen LogP contribution in [0, 0.1) is 6.92 Å². The Kier molecular flexibility index (Phi) is 4.18. The van der Waals surface area contributed by atoms with Crippen LogP contribution in [0.2, 0.25) is 0 Å². The molecule has 0 aliphatic rings. The summed E-state index contributed by atoms with van der Waals surface area (Å²) in [4.78, 5) is 10.8. The van der Waals surface area contributed by atoms with Gasteiger partial charge in [0.1, 0.15) is 12.4 Å². The van der Waals surface area contributed by atoms with Crippen LogP contribution in [0.3, 0.4) is 0 Å². The lowest BCUT2D eigenvalue weighted by Gasteiger charge is -2.10. The van der Waals surface area contributed by atoms with Gasteiger partial charge in [-0.05, 0) is 35.7 Å². The molecule has 0 saturated heterocycles. The molecule has 3 nitrogen and oxygen atoms in total. The molecule has 0 spiro atoms. The number of carbonyl (C=O) groups is 1. The zero-order valence-electron chi connectivity index (χ0n) is 10.8. The Morgan fingerprint density at radius 1 is 1.11 bits per heavy atom. The third-order valence-electron chi connectivity index (χ3n) is 2.84. The molecule has 2 aromatic rings.